The van der Waals surface area contributed by atoms with Crippen LogP contribution in [0.1, 0.15) is 13.3 Å². The lowest BCUT2D eigenvalue weighted by atomic mass is 10.4. The normalized spacial score (nSPS) is 31.9. The predicted molar refractivity (Wildman–Crippen MR) is 32.9 cm³/mol. The fraction of sp³-hybridized carbons (Fsp3) is 1.00. The summed E-state index contributed by atoms with van der Waals surface area (Å²) in [5, 5.41) is 3.27. The highest BCUT2D eigenvalue weighted by molar-refractivity contribution is 4.59. The van der Waals surface area contributed by atoms with Gasteiger partial charge in [-0.25, -0.2) is 0 Å². The van der Waals surface area contributed by atoms with Crippen molar-refractivity contribution in [1.29, 1.82) is 0 Å². The smallest absolute Gasteiger partial charge is 0.0671 e. The van der Waals surface area contributed by atoms with E-state index in [1.165, 1.54) is 0 Å². The molecule has 1 N–H and O–H groups in total. The van der Waals surface area contributed by atoms with Gasteiger partial charge in [0.15, 0.2) is 0 Å². The maximum absolute atomic E-state index is 5.34. The van der Waals surface area contributed by atoms with Gasteiger partial charge in [-0.1, -0.05) is 0 Å². The van der Waals surface area contributed by atoms with Gasteiger partial charge >= 0.3 is 0 Å². The summed E-state index contributed by atoms with van der Waals surface area (Å²) < 4.78 is 5.34. The minimum Gasteiger partial charge on any atom is -0.377 e. The van der Waals surface area contributed by atoms with Gasteiger partial charge in [0.1, 0.15) is 0 Å². The lowest BCUT2D eigenvalue weighted by molar-refractivity contribution is 0.0804. The zero-order valence-corrected chi connectivity index (χ0v) is 5.31. The van der Waals surface area contributed by atoms with E-state index in [2.05, 4.69) is 12.2 Å². The molecule has 0 aromatic heterocycles. The first kappa shape index (κ1) is 6.05. The number of hydrogen-bond acceptors (Lipinski definition) is 2. The first-order valence-electron chi connectivity index (χ1n) is 3.22. The highest BCUT2D eigenvalue weighted by Gasteiger charge is 2.03. The second-order valence-corrected chi connectivity index (χ2v) is 2.24. The zero-order valence-electron chi connectivity index (χ0n) is 5.31. The van der Waals surface area contributed by atoms with Crippen molar-refractivity contribution in [2.45, 2.75) is 19.4 Å². The highest BCUT2D eigenvalue weighted by atomic mass is 16.5. The van der Waals surface area contributed by atoms with Crippen LogP contribution in [0.3, 0.4) is 0 Å². The van der Waals surface area contributed by atoms with Gasteiger partial charge in [0.25, 0.3) is 0 Å². The van der Waals surface area contributed by atoms with Crippen LogP contribution in [0.5, 0.6) is 0 Å². The van der Waals surface area contributed by atoms with Crippen molar-refractivity contribution < 1.29 is 4.74 Å². The van der Waals surface area contributed by atoms with E-state index >= 15 is 0 Å². The molecule has 0 radical (unpaired) electrons. The Morgan fingerprint density at radius 2 is 2.50 bits per heavy atom. The topological polar surface area (TPSA) is 21.3 Å². The van der Waals surface area contributed by atoms with Crippen LogP contribution in [0.25, 0.3) is 0 Å². The molecule has 0 aromatic carbocycles. The Balaban J connectivity index is 2.17. The van der Waals surface area contributed by atoms with E-state index in [0.29, 0.717) is 6.10 Å². The van der Waals surface area contributed by atoms with Crippen LogP contribution in [-0.4, -0.2) is 25.8 Å². The molecule has 0 saturated carbocycles. The summed E-state index contributed by atoms with van der Waals surface area (Å²) >= 11 is 0. The van der Waals surface area contributed by atoms with Crippen molar-refractivity contribution in [3.63, 3.8) is 0 Å². The summed E-state index contributed by atoms with van der Waals surface area (Å²) in [6.45, 7) is 5.15. The Morgan fingerprint density at radius 1 is 1.62 bits per heavy atom. The molecule has 2 heteroatoms. The molecular formula is C6H13NO. The molecule has 0 bridgehead atoms. The van der Waals surface area contributed by atoms with E-state index in [9.17, 15) is 0 Å². The molecule has 8 heavy (non-hydrogen) atoms. The van der Waals surface area contributed by atoms with Crippen LogP contribution in [0.15, 0.2) is 0 Å². The minimum atomic E-state index is 0.414. The maximum atomic E-state index is 5.34. The van der Waals surface area contributed by atoms with Crippen LogP contribution < -0.4 is 5.32 Å². The minimum absolute atomic E-state index is 0.414. The Labute approximate surface area is 50.2 Å². The first-order valence-corrected chi connectivity index (χ1v) is 3.22. The van der Waals surface area contributed by atoms with Crippen LogP contribution in [0.4, 0.5) is 0 Å². The largest absolute Gasteiger partial charge is 0.377 e. The summed E-state index contributed by atoms with van der Waals surface area (Å²) in [5.41, 5.74) is 0. The molecule has 2 nitrogen and oxygen atoms in total. The van der Waals surface area contributed by atoms with E-state index in [4.69, 9.17) is 4.74 Å². The number of nitrogens with one attached hydrogen (secondary N) is 1. The fourth-order valence-electron chi connectivity index (χ4n) is 0.846. The molecule has 1 heterocycles. The third-order valence-corrected chi connectivity index (χ3v) is 1.33. The van der Waals surface area contributed by atoms with E-state index in [1.54, 1.807) is 0 Å². The highest BCUT2D eigenvalue weighted by Crippen LogP contribution is 1.94. The van der Waals surface area contributed by atoms with Gasteiger partial charge in [0.2, 0.25) is 0 Å². The Morgan fingerprint density at radius 3 is 3.38 bits per heavy atom. The van der Waals surface area contributed by atoms with E-state index in [-0.39, 0.29) is 0 Å². The Hall–Kier alpha value is -0.0800. The van der Waals surface area contributed by atoms with Gasteiger partial charge in [-0.2, -0.15) is 0 Å². The zero-order chi connectivity index (χ0) is 5.82. The standard InChI is InChI=1S/C6H13NO/c1-6-5-7-3-2-4-8-6/h6-7H,2-5H2,1H3/t6-/m0/s1. The van der Waals surface area contributed by atoms with E-state index in [1.807, 2.05) is 0 Å². The second-order valence-electron chi connectivity index (χ2n) is 2.24. The summed E-state index contributed by atoms with van der Waals surface area (Å²) in [4.78, 5) is 0. The van der Waals surface area contributed by atoms with Crippen LogP contribution >= 0.6 is 0 Å². The summed E-state index contributed by atoms with van der Waals surface area (Å²) in [7, 11) is 0. The lowest BCUT2D eigenvalue weighted by Crippen LogP contribution is -2.22. The molecule has 0 amide bonds. The fourth-order valence-corrected chi connectivity index (χ4v) is 0.846. The average Bonchev–Trinajstić information content (AvgIpc) is 1.94. The molecule has 1 aliphatic heterocycles. The average molecular weight is 115 g/mol. The van der Waals surface area contributed by atoms with Crippen molar-refractivity contribution >= 4 is 0 Å². The third-order valence-electron chi connectivity index (χ3n) is 1.33. The molecule has 0 spiro atoms. The molecule has 1 aliphatic rings. The van der Waals surface area contributed by atoms with Crippen molar-refractivity contribution in [3.05, 3.63) is 0 Å². The molecule has 0 aromatic rings. The van der Waals surface area contributed by atoms with Gasteiger partial charge in [-0.15, -0.1) is 0 Å². The Bertz CT molecular complexity index is 57.5. The SMILES string of the molecule is C[C@H]1CNCCCO1. The molecule has 1 rings (SSSR count). The van der Waals surface area contributed by atoms with Crippen molar-refractivity contribution in [2.24, 2.45) is 0 Å². The van der Waals surface area contributed by atoms with Crippen molar-refractivity contribution in [1.82, 2.24) is 5.32 Å². The lowest BCUT2D eigenvalue weighted by Gasteiger charge is -2.05. The summed E-state index contributed by atoms with van der Waals surface area (Å²) in [6.07, 6.45) is 1.57. The molecular weight excluding hydrogens is 102 g/mol. The van der Waals surface area contributed by atoms with Gasteiger partial charge in [-0.05, 0) is 19.9 Å². The maximum Gasteiger partial charge on any atom is 0.0671 e. The van der Waals surface area contributed by atoms with Gasteiger partial charge in [0.05, 0.1) is 6.10 Å². The molecule has 0 aliphatic carbocycles. The third kappa shape index (κ3) is 1.80. The van der Waals surface area contributed by atoms with Crippen LogP contribution in [0.2, 0.25) is 0 Å². The van der Waals surface area contributed by atoms with Crippen molar-refractivity contribution in [3.8, 4) is 0 Å². The van der Waals surface area contributed by atoms with Gasteiger partial charge < -0.3 is 10.1 Å². The molecule has 0 unspecified atom stereocenters. The van der Waals surface area contributed by atoms with E-state index in [0.717, 1.165) is 26.1 Å². The first-order chi connectivity index (χ1) is 3.89. The number of ether oxygens (including phenoxy) is 1. The second kappa shape index (κ2) is 3.05. The number of hydrogen-bond donors (Lipinski definition) is 1. The monoisotopic (exact) mass is 115 g/mol. The quantitative estimate of drug-likeness (QED) is 0.493. The van der Waals surface area contributed by atoms with Gasteiger partial charge in [0, 0.05) is 13.2 Å². The molecule has 1 atom stereocenters. The predicted octanol–water partition coefficient (Wildman–Crippen LogP) is 0.385. The Kier molecular flexibility index (Phi) is 2.30. The summed E-state index contributed by atoms with van der Waals surface area (Å²) in [5.74, 6) is 0. The van der Waals surface area contributed by atoms with Crippen LogP contribution in [-0.2, 0) is 4.74 Å². The molecule has 48 valence electrons. The molecule has 1 fully saturated rings. The van der Waals surface area contributed by atoms with Gasteiger partial charge in [-0.3, -0.25) is 0 Å². The molecule has 1 saturated heterocycles. The van der Waals surface area contributed by atoms with E-state index < -0.39 is 0 Å². The number of rotatable bonds is 0. The van der Waals surface area contributed by atoms with Crippen LogP contribution in [0, 0.1) is 0 Å². The van der Waals surface area contributed by atoms with Crippen molar-refractivity contribution in [2.75, 3.05) is 19.7 Å². The summed E-state index contributed by atoms with van der Waals surface area (Å²) in [6, 6.07) is 0.